The van der Waals surface area contributed by atoms with Gasteiger partial charge in [-0.25, -0.2) is 0 Å². The van der Waals surface area contributed by atoms with Gasteiger partial charge in [-0.15, -0.1) is 5.69 Å². The zero-order valence-corrected chi connectivity index (χ0v) is 18.3. The molecule has 0 aromatic heterocycles. The minimum Gasteiger partial charge on any atom is -1.00 e. The van der Waals surface area contributed by atoms with E-state index in [9.17, 15) is 0 Å². The number of rotatable bonds is 0. The summed E-state index contributed by atoms with van der Waals surface area (Å²) in [6.45, 7) is 13.2. The Bertz CT molecular complexity index is 513. The minimum atomic E-state index is 0. The Labute approximate surface area is 160 Å². The maximum Gasteiger partial charge on any atom is -0.0624 e. The van der Waals surface area contributed by atoms with Crippen molar-refractivity contribution < 1.29 is 44.0 Å². The molecule has 0 saturated carbocycles. The van der Waals surface area contributed by atoms with Crippen LogP contribution >= 0.6 is 0 Å². The molecule has 0 atom stereocenters. The van der Waals surface area contributed by atoms with E-state index in [1.54, 1.807) is 12.1 Å². The summed E-state index contributed by atoms with van der Waals surface area (Å²) in [6.07, 6.45) is 0.120. The van der Waals surface area contributed by atoms with Crippen molar-refractivity contribution in [3.8, 4) is 0 Å². The number of nitrogens with one attached hydrogen (secondary N) is 1. The molecule has 5 heteroatoms. The molecule has 1 N–H and O–H groups in total. The van der Waals surface area contributed by atoms with Crippen LogP contribution in [0.5, 0.6) is 0 Å². The first-order chi connectivity index (χ1) is 9.25. The number of halogens is 2. The Kier molecular flexibility index (Phi) is 17.6. The van der Waals surface area contributed by atoms with Gasteiger partial charge in [-0.3, -0.25) is 0 Å². The molecule has 0 aliphatic carbocycles. The molecular weight excluding hydrogens is 365 g/mol. The van der Waals surface area contributed by atoms with Crippen LogP contribution in [0.1, 0.15) is 22.3 Å². The normalized spacial score (nSPS) is 8.18. The van der Waals surface area contributed by atoms with E-state index in [2.05, 4.69) is 66.0 Å². The zero-order valence-electron chi connectivity index (χ0n) is 14.2. The molecule has 0 saturated heterocycles. The monoisotopic (exact) mass is 389 g/mol. The van der Waals surface area contributed by atoms with Crippen LogP contribution in [-0.2, 0) is 19.2 Å². The van der Waals surface area contributed by atoms with Gasteiger partial charge in [0.1, 0.15) is 0 Å². The summed E-state index contributed by atoms with van der Waals surface area (Å²) in [5.41, 5.74) is 13.3. The predicted molar refractivity (Wildman–Crippen MR) is 88.9 cm³/mol. The van der Waals surface area contributed by atoms with Crippen LogP contribution in [-0.4, -0.2) is 6.19 Å². The van der Waals surface area contributed by atoms with Gasteiger partial charge in [0.15, 0.2) is 0 Å². The Morgan fingerprint density at radius 2 is 1.41 bits per heavy atom. The number of benzene rings is 1. The summed E-state index contributed by atoms with van der Waals surface area (Å²) >= 11 is 2.27. The molecule has 0 amide bonds. The summed E-state index contributed by atoms with van der Waals surface area (Å²) in [5, 5.41) is 0. The third-order valence-corrected chi connectivity index (χ3v) is 2.95. The second-order valence-electron chi connectivity index (χ2n) is 5.13. The quantitative estimate of drug-likeness (QED) is 0.440. The Hall–Kier alpha value is -0.119. The zero-order chi connectivity index (χ0) is 15.7. The topological polar surface area (TPSA) is 23.8 Å². The smallest absolute Gasteiger partial charge is 0.0624 e. The summed E-state index contributed by atoms with van der Waals surface area (Å²) in [7, 11) is 0. The van der Waals surface area contributed by atoms with E-state index in [1.807, 2.05) is 18.2 Å². The van der Waals surface area contributed by atoms with E-state index in [0.717, 1.165) is 0 Å². The summed E-state index contributed by atoms with van der Waals surface area (Å²) in [6, 6.07) is 11.3. The van der Waals surface area contributed by atoms with Crippen LogP contribution in [0.15, 0.2) is 36.4 Å². The molecule has 22 heavy (non-hydrogen) atoms. The molecule has 0 bridgehead atoms. The van der Waals surface area contributed by atoms with Crippen LogP contribution in [0.2, 0.25) is 13.1 Å². The van der Waals surface area contributed by atoms with Gasteiger partial charge < -0.3 is 30.5 Å². The molecule has 2 aromatic carbocycles. The Morgan fingerprint density at radius 3 is 1.55 bits per heavy atom. The third kappa shape index (κ3) is 12.4. The molecule has 122 valence electrons. The van der Waals surface area contributed by atoms with E-state index >= 15 is 0 Å². The Balaban J connectivity index is -0.000000252. The van der Waals surface area contributed by atoms with Gasteiger partial charge >= 0.3 is 38.5 Å². The third-order valence-electron chi connectivity index (χ3n) is 2.95. The van der Waals surface area contributed by atoms with Gasteiger partial charge in [-0.05, 0) is 0 Å². The van der Waals surface area contributed by atoms with E-state index in [-0.39, 0.29) is 31.0 Å². The second kappa shape index (κ2) is 14.5. The maximum absolute atomic E-state index is 7.00. The summed E-state index contributed by atoms with van der Waals surface area (Å²) in [5.74, 6) is 0. The van der Waals surface area contributed by atoms with E-state index < -0.39 is 0 Å². The minimum absolute atomic E-state index is 0. The van der Waals surface area contributed by atoms with Gasteiger partial charge in [0.2, 0.25) is 0 Å². The van der Waals surface area contributed by atoms with Gasteiger partial charge in [0, 0.05) is 0 Å². The SMILES string of the molecule is C[Si](C)=[Ti+2].Cc1c[c-](C)c(C)c1C.[Cl-].[Cl-].[NH-]c1ccccc1. The largest absolute Gasteiger partial charge is 1.00 e. The van der Waals surface area contributed by atoms with Crippen molar-refractivity contribution in [2.45, 2.75) is 40.8 Å². The van der Waals surface area contributed by atoms with Crippen molar-refractivity contribution in [2.24, 2.45) is 0 Å². The molecule has 0 heterocycles. The van der Waals surface area contributed by atoms with E-state index in [1.165, 1.54) is 22.3 Å². The van der Waals surface area contributed by atoms with Crippen LogP contribution in [0.25, 0.3) is 5.73 Å². The fraction of sp³-hybridized carbons (Fsp3) is 0.353. The van der Waals surface area contributed by atoms with Crippen molar-refractivity contribution in [1.29, 1.82) is 0 Å². The maximum atomic E-state index is 7.00. The fourth-order valence-corrected chi connectivity index (χ4v) is 1.57. The van der Waals surface area contributed by atoms with E-state index in [0.29, 0.717) is 5.69 Å². The average molecular weight is 390 g/mol. The number of hydrogen-bond acceptors (Lipinski definition) is 0. The van der Waals surface area contributed by atoms with Crippen LogP contribution in [0.3, 0.4) is 0 Å². The fourth-order valence-electron chi connectivity index (χ4n) is 1.57. The first-order valence-corrected chi connectivity index (χ1v) is 11.6. The van der Waals surface area contributed by atoms with Crippen LogP contribution in [0.4, 0.5) is 5.69 Å². The molecule has 0 spiro atoms. The van der Waals surface area contributed by atoms with Crippen molar-refractivity contribution in [2.75, 3.05) is 0 Å². The molecule has 2 rings (SSSR count). The first kappa shape index (κ1) is 26.8. The molecule has 0 aliphatic rings. The molecule has 0 radical (unpaired) electrons. The number of hydrogen-bond donors (Lipinski definition) is 0. The van der Waals surface area contributed by atoms with E-state index in [4.69, 9.17) is 5.73 Å². The summed E-state index contributed by atoms with van der Waals surface area (Å²) in [4.78, 5) is 0. The van der Waals surface area contributed by atoms with Crippen molar-refractivity contribution in [3.05, 3.63) is 64.4 Å². The molecule has 0 unspecified atom stereocenters. The molecule has 0 aliphatic heterocycles. The predicted octanol–water partition coefficient (Wildman–Crippen LogP) is -0.198. The van der Waals surface area contributed by atoms with Crippen molar-refractivity contribution >= 4 is 11.9 Å². The molecule has 1 nitrogen and oxygen atoms in total. The van der Waals surface area contributed by atoms with Gasteiger partial charge in [0.05, 0.1) is 0 Å². The van der Waals surface area contributed by atoms with Crippen molar-refractivity contribution in [3.63, 3.8) is 0 Å². The van der Waals surface area contributed by atoms with Gasteiger partial charge in [-0.2, -0.15) is 28.3 Å². The first-order valence-electron chi connectivity index (χ1n) is 6.74. The molecular formula is C17H25Cl2NSiTi-2. The average Bonchev–Trinajstić information content (AvgIpc) is 2.57. The standard InChI is InChI=1S/C9H13.C6H6N.C2H6Si.2ClH.Ti/c1-6-5-7(2)9(4)8(6)3;7-6-4-2-1-3-5-6;1-3-2;;;/h5H,1-4H3;1-5,7H;1-2H3;2*1H;/q2*-1;;;;+2/p-2. The van der Waals surface area contributed by atoms with Crippen molar-refractivity contribution in [1.82, 2.24) is 0 Å². The number of aryl methyl sites for hydroxylation is 2. The second-order valence-corrected chi connectivity index (χ2v) is 11.8. The Morgan fingerprint density at radius 1 is 1.00 bits per heavy atom. The summed E-state index contributed by atoms with van der Waals surface area (Å²) < 4.78 is 0. The molecule has 0 fully saturated rings. The van der Waals surface area contributed by atoms with Gasteiger partial charge in [0.25, 0.3) is 0 Å². The van der Waals surface area contributed by atoms with Crippen LogP contribution in [0, 0.1) is 27.7 Å². The van der Waals surface area contributed by atoms with Gasteiger partial charge in [-0.1, -0.05) is 58.0 Å². The van der Waals surface area contributed by atoms with Crippen LogP contribution < -0.4 is 24.8 Å². The molecule has 2 aromatic rings.